The van der Waals surface area contributed by atoms with Crippen molar-refractivity contribution in [2.75, 3.05) is 0 Å². The zero-order valence-corrected chi connectivity index (χ0v) is 14.2. The van der Waals surface area contributed by atoms with Crippen LogP contribution >= 0.6 is 0 Å². The number of aryl methyl sites for hydroxylation is 1. The van der Waals surface area contributed by atoms with Crippen molar-refractivity contribution in [2.24, 2.45) is 11.8 Å². The molecule has 4 rings (SSSR count). The molecule has 128 valence electrons. The minimum absolute atomic E-state index is 0. The van der Waals surface area contributed by atoms with Crippen LogP contribution in [0.5, 0.6) is 0 Å². The smallest absolute Gasteiger partial charge is 0.166 e. The standard InChI is InChI=1S/C22H24F2.H2/c1-14-2-13-20(22(24)21(14)23)19-11-9-18(10-12-19)17-7-5-16(6-8-17)15-3-4-15;/h2,9-13,15-17H,3-8H2,1H3;1H. The van der Waals surface area contributed by atoms with Crippen molar-refractivity contribution in [1.29, 1.82) is 0 Å². The van der Waals surface area contributed by atoms with E-state index in [-0.39, 0.29) is 1.43 Å². The SMILES string of the molecule is Cc1ccc(-c2ccc(C3CCC(C4CC4)CC3)cc2)c(F)c1F.[HH]. The normalized spacial score (nSPS) is 24.1. The van der Waals surface area contributed by atoms with E-state index in [1.165, 1.54) is 44.1 Å². The number of halogens is 2. The first-order valence-electron chi connectivity index (χ1n) is 9.18. The molecular formula is C22H26F2. The fourth-order valence-electron chi connectivity index (χ4n) is 4.30. The average Bonchev–Trinajstić information content (AvgIpc) is 3.46. The lowest BCUT2D eigenvalue weighted by atomic mass is 9.77. The van der Waals surface area contributed by atoms with Crippen LogP contribution in [0.3, 0.4) is 0 Å². The molecule has 0 aliphatic heterocycles. The van der Waals surface area contributed by atoms with Gasteiger partial charge in [-0.2, -0.15) is 0 Å². The highest BCUT2D eigenvalue weighted by molar-refractivity contribution is 5.65. The molecule has 0 unspecified atom stereocenters. The molecule has 2 aliphatic rings. The largest absolute Gasteiger partial charge is 0.203 e. The van der Waals surface area contributed by atoms with Crippen LogP contribution in [-0.4, -0.2) is 0 Å². The molecule has 0 saturated heterocycles. The lowest BCUT2D eigenvalue weighted by Crippen LogP contribution is -2.14. The van der Waals surface area contributed by atoms with Gasteiger partial charge in [0, 0.05) is 6.99 Å². The van der Waals surface area contributed by atoms with Crippen molar-refractivity contribution in [1.82, 2.24) is 0 Å². The van der Waals surface area contributed by atoms with Gasteiger partial charge < -0.3 is 0 Å². The monoisotopic (exact) mass is 328 g/mol. The first-order valence-corrected chi connectivity index (χ1v) is 9.18. The second-order valence-corrected chi connectivity index (χ2v) is 7.63. The molecule has 0 N–H and O–H groups in total. The third-order valence-electron chi connectivity index (χ3n) is 6.03. The van der Waals surface area contributed by atoms with Gasteiger partial charge >= 0.3 is 0 Å². The fourth-order valence-corrected chi connectivity index (χ4v) is 4.30. The Hall–Kier alpha value is -1.70. The maximum Gasteiger partial charge on any atom is 0.166 e. The molecule has 2 fully saturated rings. The minimum atomic E-state index is -0.743. The highest BCUT2D eigenvalue weighted by atomic mass is 19.2. The van der Waals surface area contributed by atoms with Crippen molar-refractivity contribution in [3.05, 3.63) is 59.2 Å². The molecule has 2 saturated carbocycles. The van der Waals surface area contributed by atoms with E-state index in [9.17, 15) is 8.78 Å². The summed E-state index contributed by atoms with van der Waals surface area (Å²) in [5.41, 5.74) is 2.80. The summed E-state index contributed by atoms with van der Waals surface area (Å²) in [6.07, 6.45) is 8.15. The van der Waals surface area contributed by atoms with Gasteiger partial charge in [-0.15, -0.1) is 0 Å². The van der Waals surface area contributed by atoms with Gasteiger partial charge in [-0.1, -0.05) is 36.4 Å². The van der Waals surface area contributed by atoms with Crippen molar-refractivity contribution >= 4 is 0 Å². The molecule has 2 aromatic rings. The van der Waals surface area contributed by atoms with Crippen LogP contribution in [0.15, 0.2) is 36.4 Å². The molecule has 0 spiro atoms. The van der Waals surface area contributed by atoms with E-state index in [2.05, 4.69) is 12.1 Å². The van der Waals surface area contributed by atoms with E-state index >= 15 is 0 Å². The summed E-state index contributed by atoms with van der Waals surface area (Å²) >= 11 is 0. The Balaban J connectivity index is 0.00000182. The van der Waals surface area contributed by atoms with Gasteiger partial charge in [-0.3, -0.25) is 0 Å². The molecule has 0 aromatic heterocycles. The van der Waals surface area contributed by atoms with Crippen LogP contribution < -0.4 is 0 Å². The first kappa shape index (κ1) is 15.8. The highest BCUT2D eigenvalue weighted by Gasteiger charge is 2.34. The predicted octanol–water partition coefficient (Wildman–Crippen LogP) is 6.87. The summed E-state index contributed by atoms with van der Waals surface area (Å²) in [7, 11) is 0. The lowest BCUT2D eigenvalue weighted by Gasteiger charge is -2.29. The van der Waals surface area contributed by atoms with Crippen LogP contribution in [-0.2, 0) is 0 Å². The first-order chi connectivity index (χ1) is 11.6. The second kappa shape index (κ2) is 6.31. The van der Waals surface area contributed by atoms with E-state index in [0.717, 1.165) is 17.4 Å². The average molecular weight is 328 g/mol. The molecule has 0 radical (unpaired) electrons. The summed E-state index contributed by atoms with van der Waals surface area (Å²) in [6.45, 7) is 1.59. The summed E-state index contributed by atoms with van der Waals surface area (Å²) in [4.78, 5) is 0. The maximum atomic E-state index is 14.2. The van der Waals surface area contributed by atoms with Crippen molar-refractivity contribution in [3.63, 3.8) is 0 Å². The van der Waals surface area contributed by atoms with Gasteiger partial charge in [0.2, 0.25) is 0 Å². The number of hydrogen-bond acceptors (Lipinski definition) is 0. The van der Waals surface area contributed by atoms with Crippen LogP contribution in [0.4, 0.5) is 8.78 Å². The predicted molar refractivity (Wildman–Crippen MR) is 96.1 cm³/mol. The summed E-state index contributed by atoms with van der Waals surface area (Å²) in [5, 5.41) is 0. The molecule has 0 atom stereocenters. The highest BCUT2D eigenvalue weighted by Crippen LogP contribution is 2.47. The summed E-state index contributed by atoms with van der Waals surface area (Å²) in [5.74, 6) is 1.13. The zero-order valence-electron chi connectivity index (χ0n) is 14.2. The van der Waals surface area contributed by atoms with E-state index in [0.29, 0.717) is 17.0 Å². The fraction of sp³-hybridized carbons (Fsp3) is 0.455. The molecular weight excluding hydrogens is 302 g/mol. The topological polar surface area (TPSA) is 0 Å². The molecule has 0 amide bonds. The van der Waals surface area contributed by atoms with Crippen LogP contribution in [0.1, 0.15) is 57.0 Å². The van der Waals surface area contributed by atoms with E-state index in [1.807, 2.05) is 12.1 Å². The Morgan fingerprint density at radius 3 is 1.92 bits per heavy atom. The Kier molecular flexibility index (Phi) is 4.15. The van der Waals surface area contributed by atoms with E-state index in [4.69, 9.17) is 0 Å². The Morgan fingerprint density at radius 2 is 1.33 bits per heavy atom. The van der Waals surface area contributed by atoms with Gasteiger partial charge in [-0.05, 0) is 79.9 Å². The number of hydrogen-bond donors (Lipinski definition) is 0. The third kappa shape index (κ3) is 2.99. The molecule has 0 nitrogen and oxygen atoms in total. The molecule has 2 aromatic carbocycles. The molecule has 24 heavy (non-hydrogen) atoms. The maximum absolute atomic E-state index is 14.2. The Labute approximate surface area is 144 Å². The van der Waals surface area contributed by atoms with E-state index in [1.54, 1.807) is 19.1 Å². The van der Waals surface area contributed by atoms with Gasteiger partial charge in [0.05, 0.1) is 0 Å². The van der Waals surface area contributed by atoms with Gasteiger partial charge in [0.1, 0.15) is 0 Å². The van der Waals surface area contributed by atoms with Gasteiger partial charge in [0.15, 0.2) is 11.6 Å². The third-order valence-corrected chi connectivity index (χ3v) is 6.03. The molecule has 0 heterocycles. The van der Waals surface area contributed by atoms with Crippen molar-refractivity contribution < 1.29 is 10.2 Å². The van der Waals surface area contributed by atoms with Crippen molar-refractivity contribution in [2.45, 2.75) is 51.4 Å². The Morgan fingerprint density at radius 1 is 0.750 bits per heavy atom. The zero-order chi connectivity index (χ0) is 16.7. The summed E-state index contributed by atoms with van der Waals surface area (Å²) < 4.78 is 27.9. The molecule has 2 aliphatic carbocycles. The van der Waals surface area contributed by atoms with Crippen molar-refractivity contribution in [3.8, 4) is 11.1 Å². The van der Waals surface area contributed by atoms with E-state index < -0.39 is 11.6 Å². The number of rotatable bonds is 3. The van der Waals surface area contributed by atoms with Gasteiger partial charge in [-0.25, -0.2) is 8.78 Å². The van der Waals surface area contributed by atoms with Crippen LogP contribution in [0, 0.1) is 30.4 Å². The lowest BCUT2D eigenvalue weighted by molar-refractivity contribution is 0.296. The Bertz CT molecular complexity index is 726. The number of benzene rings is 2. The van der Waals surface area contributed by atoms with Crippen LogP contribution in [0.2, 0.25) is 0 Å². The van der Waals surface area contributed by atoms with Crippen LogP contribution in [0.25, 0.3) is 11.1 Å². The minimum Gasteiger partial charge on any atom is -0.203 e. The molecule has 2 heteroatoms. The second-order valence-electron chi connectivity index (χ2n) is 7.63. The van der Waals surface area contributed by atoms with Gasteiger partial charge in [0.25, 0.3) is 0 Å². The quantitative estimate of drug-likeness (QED) is 0.576. The molecule has 0 bridgehead atoms. The summed E-state index contributed by atoms with van der Waals surface area (Å²) in [6, 6.07) is 11.4.